The Bertz CT molecular complexity index is 840. The molecule has 1 amide bonds. The van der Waals surface area contributed by atoms with E-state index in [1.165, 1.54) is 24.3 Å². The Morgan fingerprint density at radius 3 is 2.58 bits per heavy atom. The number of hydrogen-bond acceptors (Lipinski definition) is 3. The summed E-state index contributed by atoms with van der Waals surface area (Å²) in [5.41, 5.74) is 1.71. The number of carbonyl (C=O) groups excluding carboxylic acids is 1. The minimum absolute atomic E-state index is 0.156. The fraction of sp³-hybridized carbons (Fsp3) is 0.105. The van der Waals surface area contributed by atoms with Crippen molar-refractivity contribution in [3.63, 3.8) is 0 Å². The first-order valence-electron chi connectivity index (χ1n) is 7.46. The number of ether oxygens (including phenoxy) is 1. The summed E-state index contributed by atoms with van der Waals surface area (Å²) in [7, 11) is 0. The van der Waals surface area contributed by atoms with Gasteiger partial charge >= 0.3 is 0 Å². The first-order valence-corrected chi connectivity index (χ1v) is 7.46. The summed E-state index contributed by atoms with van der Waals surface area (Å²) < 4.78 is 23.8. The average molecular weight is 325 g/mol. The molecular weight excluding hydrogens is 309 g/mol. The summed E-state index contributed by atoms with van der Waals surface area (Å²) in [5.74, 6) is 0.594. The maximum Gasteiger partial charge on any atom is 0.291 e. The van der Waals surface area contributed by atoms with Crippen LogP contribution in [0.5, 0.6) is 5.75 Å². The lowest BCUT2D eigenvalue weighted by Crippen LogP contribution is -2.11. The van der Waals surface area contributed by atoms with Crippen molar-refractivity contribution < 1.29 is 18.3 Å². The zero-order valence-electron chi connectivity index (χ0n) is 13.1. The highest BCUT2D eigenvalue weighted by Crippen LogP contribution is 2.17. The maximum atomic E-state index is 12.8. The fourth-order valence-corrected chi connectivity index (χ4v) is 2.16. The second kappa shape index (κ2) is 7.00. The van der Waals surface area contributed by atoms with Crippen LogP contribution < -0.4 is 10.1 Å². The summed E-state index contributed by atoms with van der Waals surface area (Å²) in [6.07, 6.45) is 0. The van der Waals surface area contributed by atoms with Crippen LogP contribution in [0.25, 0.3) is 0 Å². The zero-order chi connectivity index (χ0) is 16.9. The van der Waals surface area contributed by atoms with Gasteiger partial charge in [0.2, 0.25) is 0 Å². The van der Waals surface area contributed by atoms with Gasteiger partial charge in [-0.15, -0.1) is 0 Å². The molecule has 0 spiro atoms. The standard InChI is InChI=1S/C19H16FNO3/c1-13-4-2-3-5-17(13)21-19(22)18-11-10-16(24-18)12-23-15-8-6-14(20)7-9-15/h2-11H,12H2,1H3,(H,21,22). The molecule has 0 atom stereocenters. The Morgan fingerprint density at radius 2 is 1.83 bits per heavy atom. The Hall–Kier alpha value is -3.08. The van der Waals surface area contributed by atoms with Gasteiger partial charge in [-0.05, 0) is 55.0 Å². The molecule has 3 aromatic rings. The Labute approximate surface area is 138 Å². The number of benzene rings is 2. The van der Waals surface area contributed by atoms with E-state index in [1.807, 2.05) is 31.2 Å². The molecule has 122 valence electrons. The Balaban J connectivity index is 1.61. The fourth-order valence-electron chi connectivity index (χ4n) is 2.16. The van der Waals surface area contributed by atoms with Gasteiger partial charge in [0.1, 0.15) is 23.9 Å². The second-order valence-corrected chi connectivity index (χ2v) is 5.28. The van der Waals surface area contributed by atoms with Crippen LogP contribution in [0.2, 0.25) is 0 Å². The van der Waals surface area contributed by atoms with Crippen LogP contribution in [0.15, 0.2) is 65.1 Å². The number of carbonyl (C=O) groups is 1. The van der Waals surface area contributed by atoms with Crippen LogP contribution in [0.3, 0.4) is 0 Å². The predicted octanol–water partition coefficient (Wildman–Crippen LogP) is 4.56. The topological polar surface area (TPSA) is 51.5 Å². The molecule has 0 saturated carbocycles. The number of rotatable bonds is 5. The molecule has 0 bridgehead atoms. The first-order chi connectivity index (χ1) is 11.6. The molecule has 1 N–H and O–H groups in total. The lowest BCUT2D eigenvalue weighted by molar-refractivity contribution is 0.0992. The molecule has 0 aliphatic heterocycles. The minimum atomic E-state index is -0.324. The van der Waals surface area contributed by atoms with Crippen molar-refractivity contribution in [3.05, 3.63) is 83.6 Å². The van der Waals surface area contributed by atoms with E-state index in [-0.39, 0.29) is 24.1 Å². The molecule has 0 aliphatic rings. The van der Waals surface area contributed by atoms with Crippen molar-refractivity contribution in [2.75, 3.05) is 5.32 Å². The first kappa shape index (κ1) is 15.8. The largest absolute Gasteiger partial charge is 0.486 e. The summed E-state index contributed by atoms with van der Waals surface area (Å²) in [6.45, 7) is 2.07. The van der Waals surface area contributed by atoms with E-state index in [0.29, 0.717) is 11.5 Å². The third-order valence-electron chi connectivity index (χ3n) is 3.47. The van der Waals surface area contributed by atoms with Crippen LogP contribution >= 0.6 is 0 Å². The van der Waals surface area contributed by atoms with Crippen molar-refractivity contribution in [2.24, 2.45) is 0 Å². The highest BCUT2D eigenvalue weighted by Gasteiger charge is 2.12. The molecule has 5 heteroatoms. The van der Waals surface area contributed by atoms with E-state index in [0.717, 1.165) is 11.3 Å². The third kappa shape index (κ3) is 3.81. The van der Waals surface area contributed by atoms with Crippen LogP contribution in [-0.2, 0) is 6.61 Å². The molecule has 4 nitrogen and oxygen atoms in total. The van der Waals surface area contributed by atoms with Crippen LogP contribution in [0.4, 0.5) is 10.1 Å². The molecule has 0 fully saturated rings. The molecule has 0 saturated heterocycles. The van der Waals surface area contributed by atoms with Gasteiger partial charge in [-0.25, -0.2) is 4.39 Å². The minimum Gasteiger partial charge on any atom is -0.486 e. The molecule has 2 aromatic carbocycles. The van der Waals surface area contributed by atoms with E-state index in [2.05, 4.69) is 5.32 Å². The molecular formula is C19H16FNO3. The van der Waals surface area contributed by atoms with Crippen molar-refractivity contribution in [1.82, 2.24) is 0 Å². The molecule has 0 unspecified atom stereocenters. The van der Waals surface area contributed by atoms with Gasteiger partial charge in [-0.2, -0.15) is 0 Å². The SMILES string of the molecule is Cc1ccccc1NC(=O)c1ccc(COc2ccc(F)cc2)o1. The molecule has 24 heavy (non-hydrogen) atoms. The van der Waals surface area contributed by atoms with Gasteiger partial charge in [0, 0.05) is 5.69 Å². The number of nitrogens with one attached hydrogen (secondary N) is 1. The van der Waals surface area contributed by atoms with Crippen LogP contribution in [0.1, 0.15) is 21.9 Å². The monoisotopic (exact) mass is 325 g/mol. The quantitative estimate of drug-likeness (QED) is 0.748. The number of para-hydroxylation sites is 1. The Morgan fingerprint density at radius 1 is 1.08 bits per heavy atom. The molecule has 0 aliphatic carbocycles. The summed E-state index contributed by atoms with van der Waals surface area (Å²) in [5, 5.41) is 2.80. The van der Waals surface area contributed by atoms with Crippen molar-refractivity contribution >= 4 is 11.6 Å². The number of amides is 1. The number of hydrogen-bond donors (Lipinski definition) is 1. The van der Waals surface area contributed by atoms with Gasteiger partial charge in [0.05, 0.1) is 0 Å². The number of halogens is 1. The van der Waals surface area contributed by atoms with Gasteiger partial charge in [0.15, 0.2) is 5.76 Å². The van der Waals surface area contributed by atoms with Crippen molar-refractivity contribution in [3.8, 4) is 5.75 Å². The van der Waals surface area contributed by atoms with E-state index < -0.39 is 0 Å². The van der Waals surface area contributed by atoms with Crippen molar-refractivity contribution in [1.29, 1.82) is 0 Å². The number of furan rings is 1. The second-order valence-electron chi connectivity index (χ2n) is 5.28. The highest BCUT2D eigenvalue weighted by molar-refractivity contribution is 6.02. The normalized spacial score (nSPS) is 10.4. The van der Waals surface area contributed by atoms with Gasteiger partial charge in [-0.1, -0.05) is 18.2 Å². The molecule has 1 heterocycles. The number of anilines is 1. The lowest BCUT2D eigenvalue weighted by Gasteiger charge is -2.06. The number of aryl methyl sites for hydroxylation is 1. The predicted molar refractivity (Wildman–Crippen MR) is 88.6 cm³/mol. The van der Waals surface area contributed by atoms with Crippen LogP contribution in [-0.4, -0.2) is 5.91 Å². The molecule has 0 radical (unpaired) electrons. The maximum absolute atomic E-state index is 12.8. The van der Waals surface area contributed by atoms with E-state index in [1.54, 1.807) is 12.1 Å². The van der Waals surface area contributed by atoms with Gasteiger partial charge in [0.25, 0.3) is 5.91 Å². The summed E-state index contributed by atoms with van der Waals surface area (Å²) in [6, 6.07) is 16.5. The Kier molecular flexibility index (Phi) is 4.61. The average Bonchev–Trinajstić information content (AvgIpc) is 3.06. The van der Waals surface area contributed by atoms with Gasteiger partial charge < -0.3 is 14.5 Å². The molecule has 1 aromatic heterocycles. The van der Waals surface area contributed by atoms with E-state index in [9.17, 15) is 9.18 Å². The van der Waals surface area contributed by atoms with Crippen molar-refractivity contribution in [2.45, 2.75) is 13.5 Å². The molecule has 3 rings (SSSR count). The highest BCUT2D eigenvalue weighted by atomic mass is 19.1. The lowest BCUT2D eigenvalue weighted by atomic mass is 10.2. The zero-order valence-corrected chi connectivity index (χ0v) is 13.1. The summed E-state index contributed by atoms with van der Waals surface area (Å²) in [4.78, 5) is 12.2. The van der Waals surface area contributed by atoms with Gasteiger partial charge in [-0.3, -0.25) is 4.79 Å². The smallest absolute Gasteiger partial charge is 0.291 e. The summed E-state index contributed by atoms with van der Waals surface area (Å²) >= 11 is 0. The van der Waals surface area contributed by atoms with Crippen LogP contribution in [0, 0.1) is 12.7 Å². The third-order valence-corrected chi connectivity index (χ3v) is 3.47. The van der Waals surface area contributed by atoms with E-state index >= 15 is 0 Å². The van der Waals surface area contributed by atoms with E-state index in [4.69, 9.17) is 9.15 Å².